The van der Waals surface area contributed by atoms with Crippen LogP contribution in [0.3, 0.4) is 0 Å². The molecule has 0 radical (unpaired) electrons. The molecule has 0 aromatic heterocycles. The molecule has 0 saturated carbocycles. The molecule has 0 spiro atoms. The molecular formula is C9H6N2O6. The zero-order valence-electron chi connectivity index (χ0n) is 8.19. The summed E-state index contributed by atoms with van der Waals surface area (Å²) in [5.74, 6) is -2.78. The Labute approximate surface area is 94.3 Å². The maximum Gasteiger partial charge on any atom is 0.337 e. The van der Waals surface area contributed by atoms with Crippen LogP contribution in [0.5, 0.6) is 0 Å². The number of rotatable bonds is 2. The minimum absolute atomic E-state index is 0.155. The zero-order valence-corrected chi connectivity index (χ0v) is 8.19. The normalized spacial score (nSPS) is 8.18. The van der Waals surface area contributed by atoms with Crippen molar-refractivity contribution in [2.45, 2.75) is 0 Å². The number of nitriles is 1. The first-order chi connectivity index (χ1) is 7.99. The molecule has 0 fully saturated rings. The van der Waals surface area contributed by atoms with Gasteiger partial charge in [0.25, 0.3) is 0 Å². The highest BCUT2D eigenvalue weighted by Gasteiger charge is 2.19. The van der Waals surface area contributed by atoms with Crippen molar-refractivity contribution in [3.8, 4) is 6.07 Å². The van der Waals surface area contributed by atoms with Crippen molar-refractivity contribution < 1.29 is 25.0 Å². The fourth-order valence-corrected chi connectivity index (χ4v) is 1.05. The lowest BCUT2D eigenvalue weighted by Crippen LogP contribution is -2.10. The minimum Gasteiger partial charge on any atom is -0.478 e. The van der Waals surface area contributed by atoms with Crippen molar-refractivity contribution in [3.63, 3.8) is 0 Å². The summed E-state index contributed by atoms with van der Waals surface area (Å²) in [4.78, 5) is 29.4. The second kappa shape index (κ2) is 6.52. The van der Waals surface area contributed by atoms with Gasteiger partial charge in [-0.05, 0) is 12.1 Å². The molecule has 0 aliphatic rings. The van der Waals surface area contributed by atoms with Crippen LogP contribution in [0.25, 0.3) is 0 Å². The summed E-state index contributed by atoms with van der Waals surface area (Å²) in [6, 6.07) is 5.36. The van der Waals surface area contributed by atoms with Crippen LogP contribution in [-0.2, 0) is 0 Å². The van der Waals surface area contributed by atoms with Crippen molar-refractivity contribution >= 4 is 11.9 Å². The number of hydrogen-bond donors (Lipinski definition) is 3. The van der Waals surface area contributed by atoms with E-state index in [1.807, 2.05) is 0 Å². The standard InChI is InChI=1S/C9H5NO4.HNO2/c10-4-5-2-1-3-6(8(11)12)7(5)9(13)14;2-1-3/h1-3H,(H,11,12)(H,13,14);(H,2,3). The molecule has 0 aliphatic heterocycles. The fraction of sp³-hybridized carbons (Fsp3) is 0. The van der Waals surface area contributed by atoms with Crippen LogP contribution in [-0.4, -0.2) is 27.4 Å². The van der Waals surface area contributed by atoms with Crippen LogP contribution >= 0.6 is 0 Å². The molecule has 0 unspecified atom stereocenters. The predicted molar refractivity (Wildman–Crippen MR) is 52.7 cm³/mol. The van der Waals surface area contributed by atoms with E-state index in [0.717, 1.165) is 6.07 Å². The van der Waals surface area contributed by atoms with Crippen LogP contribution in [0.4, 0.5) is 0 Å². The van der Waals surface area contributed by atoms with E-state index in [0.29, 0.717) is 0 Å². The Kier molecular flexibility index (Phi) is 5.39. The summed E-state index contributed by atoms with van der Waals surface area (Å²) >= 11 is 0. The number of carbonyl (C=O) groups is 2. The molecule has 8 heteroatoms. The molecule has 0 amide bonds. The van der Waals surface area contributed by atoms with Crippen LogP contribution in [0.1, 0.15) is 26.3 Å². The number of benzene rings is 1. The van der Waals surface area contributed by atoms with E-state index in [4.69, 9.17) is 25.6 Å². The predicted octanol–water partition coefficient (Wildman–Crippen LogP) is 1.10. The van der Waals surface area contributed by atoms with Gasteiger partial charge in [0, 0.05) is 0 Å². The van der Waals surface area contributed by atoms with Crippen LogP contribution < -0.4 is 0 Å². The molecular weight excluding hydrogens is 232 g/mol. The fourth-order valence-electron chi connectivity index (χ4n) is 1.05. The van der Waals surface area contributed by atoms with E-state index >= 15 is 0 Å². The molecule has 88 valence electrons. The summed E-state index contributed by atoms with van der Waals surface area (Å²) < 4.78 is 0. The molecule has 0 atom stereocenters. The van der Waals surface area contributed by atoms with E-state index in [2.05, 4.69) is 0 Å². The monoisotopic (exact) mass is 238 g/mol. The van der Waals surface area contributed by atoms with E-state index in [-0.39, 0.29) is 11.1 Å². The largest absolute Gasteiger partial charge is 0.478 e. The Hall–Kier alpha value is -2.95. The molecule has 0 saturated heterocycles. The Morgan fingerprint density at radius 3 is 2.12 bits per heavy atom. The van der Waals surface area contributed by atoms with E-state index in [1.54, 1.807) is 6.07 Å². The zero-order chi connectivity index (χ0) is 13.4. The van der Waals surface area contributed by atoms with E-state index < -0.39 is 17.5 Å². The number of carboxylic acids is 2. The Balaban J connectivity index is 0.000000770. The molecule has 1 rings (SSSR count). The Morgan fingerprint density at radius 1 is 1.24 bits per heavy atom. The molecule has 0 heterocycles. The highest BCUT2D eigenvalue weighted by molar-refractivity contribution is 6.03. The number of aromatic carboxylic acids is 2. The van der Waals surface area contributed by atoms with Gasteiger partial charge in [0.2, 0.25) is 0 Å². The maximum absolute atomic E-state index is 10.7. The highest BCUT2D eigenvalue weighted by atomic mass is 16.6. The maximum atomic E-state index is 10.7. The van der Waals surface area contributed by atoms with Gasteiger partial charge in [-0.1, -0.05) is 6.07 Å². The van der Waals surface area contributed by atoms with Crippen molar-refractivity contribution in [3.05, 3.63) is 39.8 Å². The van der Waals surface area contributed by atoms with Gasteiger partial charge in [-0.3, -0.25) is 0 Å². The first-order valence-corrected chi connectivity index (χ1v) is 3.96. The number of nitrogens with zero attached hydrogens (tertiary/aromatic N) is 2. The third-order valence-corrected chi connectivity index (χ3v) is 1.63. The molecule has 17 heavy (non-hydrogen) atoms. The lowest BCUT2D eigenvalue weighted by Gasteiger charge is -2.01. The average Bonchev–Trinajstić information content (AvgIpc) is 2.28. The smallest absolute Gasteiger partial charge is 0.337 e. The van der Waals surface area contributed by atoms with Crippen molar-refractivity contribution in [1.29, 1.82) is 5.26 Å². The first kappa shape index (κ1) is 14.0. The highest BCUT2D eigenvalue weighted by Crippen LogP contribution is 2.14. The van der Waals surface area contributed by atoms with E-state index in [1.165, 1.54) is 17.5 Å². The van der Waals surface area contributed by atoms with Crippen LogP contribution in [0.2, 0.25) is 0 Å². The van der Waals surface area contributed by atoms with Gasteiger partial charge in [0.1, 0.15) is 6.07 Å². The topological polar surface area (TPSA) is 148 Å². The summed E-state index contributed by atoms with van der Waals surface area (Å²) in [5, 5.41) is 33.8. The summed E-state index contributed by atoms with van der Waals surface area (Å²) in [7, 11) is 0. The first-order valence-electron chi connectivity index (χ1n) is 3.96. The minimum atomic E-state index is -1.42. The van der Waals surface area contributed by atoms with E-state index in [9.17, 15) is 9.59 Å². The number of hydrogen-bond acceptors (Lipinski definition) is 5. The van der Waals surface area contributed by atoms with Gasteiger partial charge in [0.15, 0.2) is 5.34 Å². The third kappa shape index (κ3) is 3.60. The van der Waals surface area contributed by atoms with Gasteiger partial charge < -0.3 is 15.4 Å². The van der Waals surface area contributed by atoms with Crippen molar-refractivity contribution in [1.82, 2.24) is 0 Å². The van der Waals surface area contributed by atoms with Gasteiger partial charge in [-0.2, -0.15) is 5.26 Å². The second-order valence-corrected chi connectivity index (χ2v) is 2.53. The number of carboxylic acid groups (broad SMARTS) is 2. The van der Waals surface area contributed by atoms with Gasteiger partial charge in [0.05, 0.1) is 16.7 Å². The Bertz CT molecular complexity index is 491. The molecule has 1 aromatic rings. The lowest BCUT2D eigenvalue weighted by molar-refractivity contribution is 0.0651. The summed E-state index contributed by atoms with van der Waals surface area (Å²) in [5.41, 5.74) is -1.00. The molecule has 8 nitrogen and oxygen atoms in total. The molecule has 3 N–H and O–H groups in total. The quantitative estimate of drug-likeness (QED) is 0.515. The van der Waals surface area contributed by atoms with Gasteiger partial charge in [-0.25, -0.2) is 9.59 Å². The lowest BCUT2D eigenvalue weighted by atomic mass is 10.0. The van der Waals surface area contributed by atoms with Crippen LogP contribution in [0, 0.1) is 16.2 Å². The SMILES string of the molecule is N#Cc1cccc(C(=O)O)c1C(=O)O.O=NO. The molecule has 1 aromatic carbocycles. The average molecular weight is 238 g/mol. The summed E-state index contributed by atoms with van der Waals surface area (Å²) in [6.45, 7) is 0. The van der Waals surface area contributed by atoms with Crippen LogP contribution in [0.15, 0.2) is 23.5 Å². The van der Waals surface area contributed by atoms with Gasteiger partial charge in [-0.15, -0.1) is 4.91 Å². The third-order valence-electron chi connectivity index (χ3n) is 1.63. The molecule has 0 aliphatic carbocycles. The second-order valence-electron chi connectivity index (χ2n) is 2.53. The summed E-state index contributed by atoms with van der Waals surface area (Å²) in [6.07, 6.45) is 0. The molecule has 0 bridgehead atoms. The van der Waals surface area contributed by atoms with Crippen molar-refractivity contribution in [2.75, 3.05) is 0 Å². The van der Waals surface area contributed by atoms with Crippen molar-refractivity contribution in [2.24, 2.45) is 5.34 Å². The van der Waals surface area contributed by atoms with Gasteiger partial charge >= 0.3 is 11.9 Å². The Morgan fingerprint density at radius 2 is 1.76 bits per heavy atom.